The number of hydrogen-bond acceptors (Lipinski definition) is 6. The van der Waals surface area contributed by atoms with Crippen LogP contribution in [0, 0.1) is 5.92 Å². The SMILES string of the molecule is C[C@@H](/C=C/CC(=O)N1CCC[C@H]1CO)[C@]1(O)C(=O)N(Cc2ccc(N3N=C(c4ccccc4)CCC3=O)cc2)c2ccccc21. The molecule has 3 atom stereocenters. The van der Waals surface area contributed by atoms with Crippen molar-refractivity contribution in [3.63, 3.8) is 0 Å². The van der Waals surface area contributed by atoms with E-state index < -0.39 is 17.4 Å². The van der Waals surface area contributed by atoms with Crippen molar-refractivity contribution >= 4 is 34.8 Å². The minimum absolute atomic E-state index is 0.0467. The molecule has 0 saturated carbocycles. The van der Waals surface area contributed by atoms with Crippen LogP contribution in [0.2, 0.25) is 0 Å². The molecule has 3 aromatic carbocycles. The van der Waals surface area contributed by atoms with Gasteiger partial charge in [-0.3, -0.25) is 14.4 Å². The Morgan fingerprint density at radius 2 is 1.76 bits per heavy atom. The van der Waals surface area contributed by atoms with E-state index in [4.69, 9.17) is 0 Å². The molecule has 0 aromatic heterocycles. The van der Waals surface area contributed by atoms with Crippen molar-refractivity contribution in [2.24, 2.45) is 11.0 Å². The van der Waals surface area contributed by atoms with Gasteiger partial charge in [0.25, 0.3) is 5.91 Å². The summed E-state index contributed by atoms with van der Waals surface area (Å²) in [7, 11) is 0. The summed E-state index contributed by atoms with van der Waals surface area (Å²) in [6, 6.07) is 24.3. The van der Waals surface area contributed by atoms with Crippen LogP contribution in [0.15, 0.2) is 96.1 Å². The smallest absolute Gasteiger partial charge is 0.264 e. The molecule has 0 bridgehead atoms. The second-order valence-electron chi connectivity index (χ2n) is 11.9. The number of nitrogens with zero attached hydrogens (tertiary/aromatic N) is 4. The lowest BCUT2D eigenvalue weighted by atomic mass is 9.83. The van der Waals surface area contributed by atoms with E-state index >= 15 is 0 Å². The first kappa shape index (κ1) is 30.4. The number of carbonyl (C=O) groups is 3. The Kier molecular flexibility index (Phi) is 8.65. The number of aliphatic hydroxyl groups is 2. The van der Waals surface area contributed by atoms with E-state index in [2.05, 4.69) is 5.10 Å². The predicted octanol–water partition coefficient (Wildman–Crippen LogP) is 4.52. The van der Waals surface area contributed by atoms with Gasteiger partial charge in [-0.05, 0) is 42.2 Å². The van der Waals surface area contributed by atoms with Crippen LogP contribution >= 0.6 is 0 Å². The van der Waals surface area contributed by atoms with Gasteiger partial charge in [0, 0.05) is 37.3 Å². The molecule has 3 aliphatic heterocycles. The van der Waals surface area contributed by atoms with Gasteiger partial charge in [-0.15, -0.1) is 0 Å². The van der Waals surface area contributed by atoms with Crippen molar-refractivity contribution in [2.45, 2.75) is 57.2 Å². The third-order valence-electron chi connectivity index (χ3n) is 9.12. The maximum absolute atomic E-state index is 13.9. The molecule has 9 nitrogen and oxygen atoms in total. The summed E-state index contributed by atoms with van der Waals surface area (Å²) in [5.41, 5.74) is 2.70. The van der Waals surface area contributed by atoms with Crippen LogP contribution in [0.5, 0.6) is 0 Å². The number of anilines is 2. The van der Waals surface area contributed by atoms with Gasteiger partial charge in [0.1, 0.15) is 0 Å². The van der Waals surface area contributed by atoms with Crippen LogP contribution in [0.25, 0.3) is 0 Å². The van der Waals surface area contributed by atoms with E-state index in [0.717, 1.165) is 29.7 Å². The number of carbonyl (C=O) groups excluding carboxylic acids is 3. The maximum Gasteiger partial charge on any atom is 0.264 e. The van der Waals surface area contributed by atoms with Crippen molar-refractivity contribution in [1.82, 2.24) is 4.90 Å². The zero-order valence-electron chi connectivity index (χ0n) is 25.4. The molecule has 0 unspecified atom stereocenters. The van der Waals surface area contributed by atoms with E-state index in [0.29, 0.717) is 36.3 Å². The lowest BCUT2D eigenvalue weighted by molar-refractivity contribution is -0.139. The number of aliphatic hydroxyl groups excluding tert-OH is 1. The highest BCUT2D eigenvalue weighted by Crippen LogP contribution is 2.45. The van der Waals surface area contributed by atoms with E-state index in [9.17, 15) is 24.6 Å². The zero-order valence-corrected chi connectivity index (χ0v) is 25.4. The first-order chi connectivity index (χ1) is 21.8. The Bertz CT molecular complexity index is 1640. The van der Waals surface area contributed by atoms with Gasteiger partial charge in [-0.1, -0.05) is 79.7 Å². The van der Waals surface area contributed by atoms with Crippen molar-refractivity contribution in [1.29, 1.82) is 0 Å². The maximum atomic E-state index is 13.9. The third kappa shape index (κ3) is 5.81. The number of likely N-dealkylation sites (tertiary alicyclic amines) is 1. The molecule has 6 rings (SSSR count). The number of para-hydroxylation sites is 1. The Labute approximate surface area is 263 Å². The topological polar surface area (TPSA) is 114 Å². The molecule has 3 aromatic rings. The largest absolute Gasteiger partial charge is 0.394 e. The number of amides is 3. The average Bonchev–Trinajstić information content (AvgIpc) is 3.64. The van der Waals surface area contributed by atoms with Gasteiger partial charge < -0.3 is 20.0 Å². The van der Waals surface area contributed by atoms with Crippen molar-refractivity contribution in [2.75, 3.05) is 23.1 Å². The van der Waals surface area contributed by atoms with Crippen molar-refractivity contribution in [3.05, 3.63) is 108 Å². The first-order valence-electron chi connectivity index (χ1n) is 15.6. The normalized spacial score (nSPS) is 22.2. The highest BCUT2D eigenvalue weighted by Gasteiger charge is 2.52. The minimum atomic E-state index is -1.79. The Morgan fingerprint density at radius 3 is 2.51 bits per heavy atom. The van der Waals surface area contributed by atoms with E-state index in [1.807, 2.05) is 66.7 Å². The lowest BCUT2D eigenvalue weighted by Crippen LogP contribution is -2.44. The number of rotatable bonds is 9. The second-order valence-corrected chi connectivity index (χ2v) is 11.9. The standard InChI is InChI=1S/C36H38N4O5/c1-25(9-7-15-33(42)38-22-8-12-29(38)24-41)36(45)30-13-5-6-14-32(30)39(35(36)44)23-26-16-18-28(19-17-26)40-34(43)21-20-31(37-40)27-10-3-2-4-11-27/h2-7,9-11,13-14,16-19,25,29,41,45H,8,12,15,20-24H2,1H3/b9-7+/t25-,29-,36+/m0/s1. The molecular weight excluding hydrogens is 568 g/mol. The Morgan fingerprint density at radius 1 is 1.02 bits per heavy atom. The minimum Gasteiger partial charge on any atom is -0.394 e. The molecular formula is C36H38N4O5. The molecule has 0 radical (unpaired) electrons. The van der Waals surface area contributed by atoms with Crippen molar-refractivity contribution < 1.29 is 24.6 Å². The lowest BCUT2D eigenvalue weighted by Gasteiger charge is -2.28. The van der Waals surface area contributed by atoms with Crippen LogP contribution in [-0.2, 0) is 26.5 Å². The van der Waals surface area contributed by atoms with Gasteiger partial charge in [0.05, 0.1) is 36.3 Å². The Hall–Kier alpha value is -4.60. The van der Waals surface area contributed by atoms with Crippen LogP contribution in [0.4, 0.5) is 11.4 Å². The van der Waals surface area contributed by atoms with Crippen LogP contribution < -0.4 is 9.91 Å². The fraction of sp³-hybridized carbons (Fsp3) is 0.333. The molecule has 1 fully saturated rings. The molecule has 0 aliphatic carbocycles. The molecule has 3 heterocycles. The third-order valence-corrected chi connectivity index (χ3v) is 9.12. The molecule has 1 saturated heterocycles. The summed E-state index contributed by atoms with van der Waals surface area (Å²) < 4.78 is 0. The van der Waals surface area contributed by atoms with Gasteiger partial charge in [0.2, 0.25) is 11.8 Å². The summed E-state index contributed by atoms with van der Waals surface area (Å²) in [6.45, 7) is 2.60. The second kappa shape index (κ2) is 12.8. The monoisotopic (exact) mass is 606 g/mol. The van der Waals surface area contributed by atoms with E-state index in [1.54, 1.807) is 41.0 Å². The molecule has 3 aliphatic rings. The molecule has 0 spiro atoms. The number of hydrazone groups is 1. The van der Waals surface area contributed by atoms with E-state index in [-0.39, 0.29) is 37.4 Å². The summed E-state index contributed by atoms with van der Waals surface area (Å²) in [4.78, 5) is 42.7. The highest BCUT2D eigenvalue weighted by molar-refractivity contribution is 6.09. The van der Waals surface area contributed by atoms with Crippen LogP contribution in [0.1, 0.15) is 55.7 Å². The van der Waals surface area contributed by atoms with Gasteiger partial charge >= 0.3 is 0 Å². The fourth-order valence-corrected chi connectivity index (χ4v) is 6.56. The van der Waals surface area contributed by atoms with Crippen molar-refractivity contribution in [3.8, 4) is 0 Å². The summed E-state index contributed by atoms with van der Waals surface area (Å²) in [5, 5.41) is 27.6. The fourth-order valence-electron chi connectivity index (χ4n) is 6.56. The number of benzene rings is 3. The molecule has 45 heavy (non-hydrogen) atoms. The average molecular weight is 607 g/mol. The zero-order chi connectivity index (χ0) is 31.6. The molecule has 9 heteroatoms. The highest BCUT2D eigenvalue weighted by atomic mass is 16.3. The molecule has 2 N–H and O–H groups in total. The van der Waals surface area contributed by atoms with Gasteiger partial charge in [0.15, 0.2) is 5.60 Å². The molecule has 232 valence electrons. The van der Waals surface area contributed by atoms with Gasteiger partial charge in [-0.2, -0.15) is 5.10 Å². The predicted molar refractivity (Wildman–Crippen MR) is 172 cm³/mol. The first-order valence-corrected chi connectivity index (χ1v) is 15.6. The summed E-state index contributed by atoms with van der Waals surface area (Å²) in [5.74, 6) is -1.17. The summed E-state index contributed by atoms with van der Waals surface area (Å²) >= 11 is 0. The summed E-state index contributed by atoms with van der Waals surface area (Å²) in [6.07, 6.45) is 6.21. The number of fused-ring (bicyclic) bond motifs is 1. The molecule has 3 amide bonds. The van der Waals surface area contributed by atoms with Crippen LogP contribution in [-0.4, -0.2) is 57.7 Å². The quantitative estimate of drug-likeness (QED) is 0.348. The van der Waals surface area contributed by atoms with E-state index in [1.165, 1.54) is 5.01 Å². The van der Waals surface area contributed by atoms with Gasteiger partial charge in [-0.25, -0.2) is 5.01 Å². The Balaban J connectivity index is 1.17. The number of hydrogen-bond donors (Lipinski definition) is 2. The van der Waals surface area contributed by atoms with Crippen LogP contribution in [0.3, 0.4) is 0 Å².